The first-order valence-corrected chi connectivity index (χ1v) is 2.86. The van der Waals surface area contributed by atoms with Gasteiger partial charge in [-0.25, -0.2) is 0 Å². The van der Waals surface area contributed by atoms with Crippen LogP contribution in [0.1, 0.15) is 25.7 Å². The van der Waals surface area contributed by atoms with E-state index < -0.39 is 0 Å². The predicted octanol–water partition coefficient (Wildman–Crippen LogP) is -1.61. The third-order valence-electron chi connectivity index (χ3n) is 1.56. The van der Waals surface area contributed by atoms with E-state index in [0.717, 1.165) is 0 Å². The van der Waals surface area contributed by atoms with E-state index in [2.05, 4.69) is 5.92 Å². The van der Waals surface area contributed by atoms with Crippen LogP contribution in [0.5, 0.6) is 0 Å². The summed E-state index contributed by atoms with van der Waals surface area (Å²) in [6.07, 6.45) is 11.8. The largest absolute Gasteiger partial charge is 2.00 e. The summed E-state index contributed by atoms with van der Waals surface area (Å²) in [5.74, 6) is 3.03. The Morgan fingerprint density at radius 1 is 1.22 bits per heavy atom. The Kier molecular flexibility index (Phi) is 9.21. The maximum absolute atomic E-state index is 6.75. The average Bonchev–Trinajstić information content (AvgIpc) is 2.14. The van der Waals surface area contributed by atoms with Crippen molar-refractivity contribution in [3.8, 4) is 5.92 Å². The standard InChI is InChI=1S/C7H9.ClH.Mg/c1-2-7-5-3-4-6-7;;/h7H,3-6H2;1H;/q-1;;+2/p-1. The summed E-state index contributed by atoms with van der Waals surface area (Å²) in [5, 5.41) is 0. The molecule has 0 radical (unpaired) electrons. The van der Waals surface area contributed by atoms with Crippen LogP contribution >= 0.6 is 0 Å². The quantitative estimate of drug-likeness (QED) is 0.223. The second-order valence-electron chi connectivity index (χ2n) is 2.13. The maximum Gasteiger partial charge on any atom is 2.00 e. The molecule has 2 heteroatoms. The molecule has 46 valence electrons. The van der Waals surface area contributed by atoms with Gasteiger partial charge in [0, 0.05) is 0 Å². The van der Waals surface area contributed by atoms with Crippen LogP contribution in [-0.2, 0) is 0 Å². The molecule has 1 rings (SSSR count). The van der Waals surface area contributed by atoms with Crippen LogP contribution in [0, 0.1) is 18.3 Å². The van der Waals surface area contributed by atoms with Gasteiger partial charge in [0.2, 0.25) is 0 Å². The van der Waals surface area contributed by atoms with E-state index in [1.54, 1.807) is 0 Å². The molecule has 0 heterocycles. The Hall–Kier alpha value is 0.616. The molecule has 0 atom stereocenters. The van der Waals surface area contributed by atoms with E-state index >= 15 is 0 Å². The van der Waals surface area contributed by atoms with E-state index in [-0.39, 0.29) is 35.5 Å². The predicted molar refractivity (Wildman–Crippen MR) is 34.8 cm³/mol. The minimum Gasteiger partial charge on any atom is -1.00 e. The van der Waals surface area contributed by atoms with Crippen molar-refractivity contribution >= 4 is 23.1 Å². The molecule has 0 unspecified atom stereocenters. The molecule has 1 aliphatic carbocycles. The van der Waals surface area contributed by atoms with Crippen molar-refractivity contribution in [3.63, 3.8) is 0 Å². The van der Waals surface area contributed by atoms with Gasteiger partial charge < -0.3 is 24.8 Å². The minimum atomic E-state index is 0. The third kappa shape index (κ3) is 4.08. The van der Waals surface area contributed by atoms with Gasteiger partial charge in [0.25, 0.3) is 0 Å². The smallest absolute Gasteiger partial charge is 1.00 e. The molecule has 1 fully saturated rings. The van der Waals surface area contributed by atoms with Gasteiger partial charge in [0.05, 0.1) is 0 Å². The van der Waals surface area contributed by atoms with Crippen molar-refractivity contribution < 1.29 is 12.4 Å². The first-order valence-electron chi connectivity index (χ1n) is 2.86. The van der Waals surface area contributed by atoms with Crippen LogP contribution in [0.4, 0.5) is 0 Å². The van der Waals surface area contributed by atoms with Crippen LogP contribution in [0.15, 0.2) is 0 Å². The summed E-state index contributed by atoms with van der Waals surface area (Å²) < 4.78 is 0. The second kappa shape index (κ2) is 6.73. The van der Waals surface area contributed by atoms with Gasteiger partial charge in [-0.2, -0.15) is 0 Å². The van der Waals surface area contributed by atoms with Crippen molar-refractivity contribution in [3.05, 3.63) is 6.42 Å². The third-order valence-corrected chi connectivity index (χ3v) is 1.56. The molecule has 0 spiro atoms. The zero-order valence-electron chi connectivity index (χ0n) is 5.49. The van der Waals surface area contributed by atoms with Gasteiger partial charge in [0.1, 0.15) is 0 Å². The van der Waals surface area contributed by atoms with Crippen molar-refractivity contribution in [2.24, 2.45) is 5.92 Å². The van der Waals surface area contributed by atoms with E-state index in [0.29, 0.717) is 5.92 Å². The maximum atomic E-state index is 6.75. The summed E-state index contributed by atoms with van der Waals surface area (Å²) in [6.45, 7) is 0. The normalized spacial score (nSPS) is 17.2. The Morgan fingerprint density at radius 2 is 1.67 bits per heavy atom. The molecule has 0 aromatic heterocycles. The number of hydrogen-bond acceptors (Lipinski definition) is 0. The van der Waals surface area contributed by atoms with Gasteiger partial charge >= 0.3 is 23.1 Å². The molecule has 1 aliphatic rings. The summed E-state index contributed by atoms with van der Waals surface area (Å²) in [4.78, 5) is 0. The Labute approximate surface area is 79.3 Å². The van der Waals surface area contributed by atoms with E-state index in [4.69, 9.17) is 6.42 Å². The summed E-state index contributed by atoms with van der Waals surface area (Å²) in [6, 6.07) is 0. The van der Waals surface area contributed by atoms with Gasteiger partial charge in [0.15, 0.2) is 0 Å². The zero-order chi connectivity index (χ0) is 5.11. The summed E-state index contributed by atoms with van der Waals surface area (Å²) in [5.41, 5.74) is 0. The number of hydrogen-bond donors (Lipinski definition) is 0. The van der Waals surface area contributed by atoms with Crippen LogP contribution in [0.3, 0.4) is 0 Å². The fraction of sp³-hybridized carbons (Fsp3) is 0.714. The fourth-order valence-corrected chi connectivity index (χ4v) is 1.07. The van der Waals surface area contributed by atoms with Crippen molar-refractivity contribution in [2.75, 3.05) is 0 Å². The molecule has 0 bridgehead atoms. The first kappa shape index (κ1) is 12.3. The molecule has 0 N–H and O–H groups in total. The number of halogens is 1. The molecule has 0 aromatic carbocycles. The first-order chi connectivity index (χ1) is 3.43. The monoisotopic (exact) mass is 152 g/mol. The van der Waals surface area contributed by atoms with Crippen molar-refractivity contribution in [1.29, 1.82) is 0 Å². The topological polar surface area (TPSA) is 0 Å². The Morgan fingerprint density at radius 3 is 1.89 bits per heavy atom. The zero-order valence-corrected chi connectivity index (χ0v) is 7.66. The van der Waals surface area contributed by atoms with Gasteiger partial charge in [-0.3, -0.25) is 0 Å². The number of rotatable bonds is 0. The van der Waals surface area contributed by atoms with Gasteiger partial charge in [-0.15, -0.1) is 0 Å². The van der Waals surface area contributed by atoms with Gasteiger partial charge in [-0.1, -0.05) is 12.8 Å². The molecular formula is C7H9ClMg. The summed E-state index contributed by atoms with van der Waals surface area (Å²) >= 11 is 0. The van der Waals surface area contributed by atoms with Crippen molar-refractivity contribution in [2.45, 2.75) is 25.7 Å². The van der Waals surface area contributed by atoms with Crippen molar-refractivity contribution in [1.82, 2.24) is 0 Å². The van der Waals surface area contributed by atoms with Crippen LogP contribution in [0.25, 0.3) is 0 Å². The minimum absolute atomic E-state index is 0. The second-order valence-corrected chi connectivity index (χ2v) is 2.13. The fourth-order valence-electron chi connectivity index (χ4n) is 1.07. The molecule has 1 saturated carbocycles. The van der Waals surface area contributed by atoms with Crippen LogP contribution in [-0.4, -0.2) is 23.1 Å². The van der Waals surface area contributed by atoms with Crippen LogP contribution in [0.2, 0.25) is 0 Å². The summed E-state index contributed by atoms with van der Waals surface area (Å²) in [7, 11) is 0. The van der Waals surface area contributed by atoms with Gasteiger partial charge in [-0.05, 0) is 18.8 Å². The Balaban J connectivity index is 0. The molecule has 0 aromatic rings. The SMILES string of the molecule is [C-]#CC1CCCC1.[Cl-].[Mg+2]. The average molecular weight is 153 g/mol. The van der Waals surface area contributed by atoms with E-state index in [1.807, 2.05) is 0 Å². The Bertz CT molecular complexity index is 89.6. The van der Waals surface area contributed by atoms with E-state index in [1.165, 1.54) is 25.7 Å². The molecule has 0 aliphatic heterocycles. The molecular weight excluding hydrogens is 144 g/mol. The molecule has 9 heavy (non-hydrogen) atoms. The van der Waals surface area contributed by atoms with Crippen LogP contribution < -0.4 is 12.4 Å². The molecule has 0 amide bonds. The molecule has 0 nitrogen and oxygen atoms in total. The molecule has 0 saturated heterocycles. The van der Waals surface area contributed by atoms with E-state index in [9.17, 15) is 0 Å².